The van der Waals surface area contributed by atoms with Crippen LogP contribution in [-0.2, 0) is 37.8 Å². The molecule has 0 fully saturated rings. The third-order valence-corrected chi connectivity index (χ3v) is 11.1. The molecule has 1 N–H and O–H groups in total. The molecule has 0 saturated heterocycles. The van der Waals surface area contributed by atoms with Gasteiger partial charge in [-0.25, -0.2) is 4.79 Å². The number of hydrogen-bond donors (Lipinski definition) is 1. The maximum atomic E-state index is 12.6. The SMILES string of the molecule is CC[C@H](C)C[C@](C)(O[Si](C)(C)C(C)(C)C)C(O)CC(=O)CC(=O)O[C@@H](CC(=O)OC)C(=O)OC. The molecule has 9 nitrogen and oxygen atoms in total. The second-order valence-corrected chi connectivity index (χ2v) is 15.3. The van der Waals surface area contributed by atoms with Crippen molar-refractivity contribution in [3.63, 3.8) is 0 Å². The zero-order chi connectivity index (χ0) is 26.9. The van der Waals surface area contributed by atoms with Gasteiger partial charge in [-0.05, 0) is 37.4 Å². The molecule has 0 aliphatic heterocycles. The summed E-state index contributed by atoms with van der Waals surface area (Å²) in [5.41, 5.74) is -0.975. The number of ketones is 1. The Morgan fingerprint density at radius 1 is 0.941 bits per heavy atom. The maximum absolute atomic E-state index is 12.6. The van der Waals surface area contributed by atoms with E-state index in [9.17, 15) is 24.3 Å². The Labute approximate surface area is 205 Å². The molecular weight excluding hydrogens is 460 g/mol. The van der Waals surface area contributed by atoms with Crippen LogP contribution < -0.4 is 0 Å². The van der Waals surface area contributed by atoms with Gasteiger partial charge in [-0.2, -0.15) is 0 Å². The number of esters is 3. The van der Waals surface area contributed by atoms with E-state index in [1.807, 2.05) is 6.92 Å². The van der Waals surface area contributed by atoms with Crippen LogP contribution in [0.3, 0.4) is 0 Å². The first-order valence-corrected chi connectivity index (χ1v) is 14.6. The van der Waals surface area contributed by atoms with Gasteiger partial charge in [-0.1, -0.05) is 41.0 Å². The van der Waals surface area contributed by atoms with Crippen LogP contribution in [0.1, 0.15) is 73.6 Å². The maximum Gasteiger partial charge on any atom is 0.347 e. The largest absolute Gasteiger partial charge is 0.469 e. The molecule has 0 rings (SSSR count). The fourth-order valence-corrected chi connectivity index (χ4v) is 4.91. The molecule has 0 aromatic carbocycles. The molecule has 0 heterocycles. The number of aliphatic hydroxyl groups excluding tert-OH is 1. The lowest BCUT2D eigenvalue weighted by atomic mass is 9.85. The molecule has 0 aromatic rings. The van der Waals surface area contributed by atoms with Gasteiger partial charge in [-0.15, -0.1) is 0 Å². The average Bonchev–Trinajstić information content (AvgIpc) is 2.70. The van der Waals surface area contributed by atoms with Gasteiger partial charge in [0.05, 0.1) is 32.3 Å². The number of ether oxygens (including phenoxy) is 3. The standard InChI is InChI=1S/C24H44O9Si/c1-11-16(2)15-24(6,33-34(9,10)23(3,4)5)19(26)12-17(25)13-21(28)32-18(22(29)31-8)14-20(27)30-7/h16,18-19,26H,11-15H2,1-10H3/t16-,18-,19?,24-/m0/s1. The predicted molar refractivity (Wildman–Crippen MR) is 130 cm³/mol. The van der Waals surface area contributed by atoms with Gasteiger partial charge in [-0.3, -0.25) is 14.4 Å². The van der Waals surface area contributed by atoms with E-state index in [4.69, 9.17) is 9.16 Å². The molecule has 0 spiro atoms. The van der Waals surface area contributed by atoms with Gasteiger partial charge in [0.1, 0.15) is 12.2 Å². The summed E-state index contributed by atoms with van der Waals surface area (Å²) in [4.78, 5) is 48.1. The summed E-state index contributed by atoms with van der Waals surface area (Å²) < 4.78 is 20.6. The third-order valence-electron chi connectivity index (χ3n) is 6.53. The Balaban J connectivity index is 5.41. The molecule has 0 aliphatic carbocycles. The molecule has 0 amide bonds. The lowest BCUT2D eigenvalue weighted by Gasteiger charge is -2.47. The quantitative estimate of drug-likeness (QED) is 0.163. The number of aliphatic hydroxyl groups is 1. The molecule has 1 unspecified atom stereocenters. The van der Waals surface area contributed by atoms with Crippen molar-refractivity contribution in [3.8, 4) is 0 Å². The number of hydrogen-bond acceptors (Lipinski definition) is 9. The van der Waals surface area contributed by atoms with E-state index < -0.39 is 62.7 Å². The smallest absolute Gasteiger partial charge is 0.347 e. The Morgan fingerprint density at radius 3 is 1.94 bits per heavy atom. The predicted octanol–water partition coefficient (Wildman–Crippen LogP) is 3.56. The number of carbonyl (C=O) groups excluding carboxylic acids is 4. The molecule has 10 heteroatoms. The van der Waals surface area contributed by atoms with E-state index in [2.05, 4.69) is 57.2 Å². The van der Waals surface area contributed by atoms with Crippen LogP contribution in [0.2, 0.25) is 18.1 Å². The summed E-state index contributed by atoms with van der Waals surface area (Å²) in [6.45, 7) is 16.4. The van der Waals surface area contributed by atoms with Gasteiger partial charge in [0.15, 0.2) is 8.32 Å². The minimum absolute atomic E-state index is 0.0974. The van der Waals surface area contributed by atoms with E-state index in [1.54, 1.807) is 0 Å². The molecule has 0 bridgehead atoms. The van der Waals surface area contributed by atoms with Crippen molar-refractivity contribution < 1.29 is 42.9 Å². The molecule has 4 atom stereocenters. The van der Waals surface area contributed by atoms with Gasteiger partial charge >= 0.3 is 17.9 Å². The second-order valence-electron chi connectivity index (χ2n) is 10.6. The van der Waals surface area contributed by atoms with Crippen LogP contribution in [0.25, 0.3) is 0 Å². The molecule has 0 aliphatic rings. The highest BCUT2D eigenvalue weighted by Crippen LogP contribution is 2.42. The summed E-state index contributed by atoms with van der Waals surface area (Å²) in [5.74, 6) is -3.01. The van der Waals surface area contributed by atoms with Crippen molar-refractivity contribution in [3.05, 3.63) is 0 Å². The van der Waals surface area contributed by atoms with Gasteiger partial charge in [0.2, 0.25) is 6.10 Å². The Bertz CT molecular complexity index is 714. The fraction of sp³-hybridized carbons (Fsp3) is 0.833. The fourth-order valence-electron chi connectivity index (χ4n) is 3.22. The first kappa shape index (κ1) is 32.2. The highest BCUT2D eigenvalue weighted by atomic mass is 28.4. The monoisotopic (exact) mass is 504 g/mol. The summed E-state index contributed by atoms with van der Waals surface area (Å²) >= 11 is 0. The molecular formula is C24H44O9Si. The van der Waals surface area contributed by atoms with Gasteiger partial charge in [0, 0.05) is 6.42 Å². The lowest BCUT2D eigenvalue weighted by Crippen LogP contribution is -2.54. The number of methoxy groups -OCH3 is 2. The van der Waals surface area contributed by atoms with Crippen LogP contribution in [0.5, 0.6) is 0 Å². The number of rotatable bonds is 14. The normalized spacial score (nSPS) is 16.6. The van der Waals surface area contributed by atoms with Crippen LogP contribution >= 0.6 is 0 Å². The Morgan fingerprint density at radius 2 is 1.50 bits per heavy atom. The summed E-state index contributed by atoms with van der Waals surface area (Å²) in [6, 6.07) is 0. The van der Waals surface area contributed by atoms with Crippen LogP contribution in [0.4, 0.5) is 0 Å². The average molecular weight is 505 g/mol. The van der Waals surface area contributed by atoms with Gasteiger partial charge < -0.3 is 23.7 Å². The summed E-state index contributed by atoms with van der Waals surface area (Å²) in [7, 11) is -0.0655. The highest BCUT2D eigenvalue weighted by Gasteiger charge is 2.46. The van der Waals surface area contributed by atoms with Crippen molar-refractivity contribution in [2.24, 2.45) is 5.92 Å². The summed E-state index contributed by atoms with van der Waals surface area (Å²) in [5, 5.41) is 11.0. The first-order valence-electron chi connectivity index (χ1n) is 11.7. The zero-order valence-electron chi connectivity index (χ0n) is 22.5. The van der Waals surface area contributed by atoms with Crippen LogP contribution in [-0.4, -0.2) is 69.1 Å². The molecule has 34 heavy (non-hydrogen) atoms. The zero-order valence-corrected chi connectivity index (χ0v) is 23.5. The molecule has 0 aromatic heterocycles. The molecule has 198 valence electrons. The van der Waals surface area contributed by atoms with E-state index in [-0.39, 0.29) is 17.4 Å². The van der Waals surface area contributed by atoms with E-state index in [1.165, 1.54) is 0 Å². The van der Waals surface area contributed by atoms with E-state index >= 15 is 0 Å². The van der Waals surface area contributed by atoms with Gasteiger partial charge in [0.25, 0.3) is 0 Å². The minimum atomic E-state index is -2.28. The van der Waals surface area contributed by atoms with Crippen LogP contribution in [0, 0.1) is 5.92 Å². The Hall–Kier alpha value is -1.78. The van der Waals surface area contributed by atoms with E-state index in [0.29, 0.717) is 6.42 Å². The summed E-state index contributed by atoms with van der Waals surface area (Å²) in [6.07, 6.45) is -2.71. The highest BCUT2D eigenvalue weighted by molar-refractivity contribution is 6.74. The number of carbonyl (C=O) groups is 4. The van der Waals surface area contributed by atoms with Crippen molar-refractivity contribution in [1.82, 2.24) is 0 Å². The Kier molecular flexibility index (Phi) is 12.6. The van der Waals surface area contributed by atoms with Crippen molar-refractivity contribution >= 4 is 32.0 Å². The molecule has 0 saturated carbocycles. The third kappa shape index (κ3) is 10.2. The van der Waals surface area contributed by atoms with Crippen molar-refractivity contribution in [2.75, 3.05) is 14.2 Å². The first-order chi connectivity index (χ1) is 15.4. The van der Waals surface area contributed by atoms with Crippen LogP contribution in [0.15, 0.2) is 0 Å². The van der Waals surface area contributed by atoms with Crippen molar-refractivity contribution in [2.45, 2.75) is 110 Å². The van der Waals surface area contributed by atoms with E-state index in [0.717, 1.165) is 20.6 Å². The second kappa shape index (κ2) is 13.3. The topological polar surface area (TPSA) is 125 Å². The number of Topliss-reactive ketones (excluding diaryl/α,β-unsaturated/α-hetero) is 1. The molecule has 0 radical (unpaired) electrons. The minimum Gasteiger partial charge on any atom is -0.469 e. The van der Waals surface area contributed by atoms with Crippen molar-refractivity contribution in [1.29, 1.82) is 0 Å². The lowest BCUT2D eigenvalue weighted by molar-refractivity contribution is -0.170.